The van der Waals surface area contributed by atoms with Gasteiger partial charge >= 0.3 is 5.97 Å². The molecule has 0 saturated heterocycles. The molecule has 0 aromatic heterocycles. The lowest BCUT2D eigenvalue weighted by Gasteiger charge is -2.21. The first-order valence-corrected chi connectivity index (χ1v) is 9.42. The van der Waals surface area contributed by atoms with Gasteiger partial charge in [0.25, 0.3) is 10.0 Å². The average molecular weight is 343 g/mol. The first-order valence-electron chi connectivity index (χ1n) is 7.98. The highest BCUT2D eigenvalue weighted by Gasteiger charge is 2.34. The van der Waals surface area contributed by atoms with E-state index in [9.17, 15) is 18.3 Å². The van der Waals surface area contributed by atoms with Gasteiger partial charge in [-0.15, -0.1) is 0 Å². The van der Waals surface area contributed by atoms with Gasteiger partial charge in [0.05, 0.1) is 16.1 Å². The molecule has 5 nitrogen and oxygen atoms in total. The van der Waals surface area contributed by atoms with Gasteiger partial charge in [-0.1, -0.05) is 18.2 Å². The van der Waals surface area contributed by atoms with Crippen LogP contribution in [0.5, 0.6) is 0 Å². The highest BCUT2D eigenvalue weighted by Crippen LogP contribution is 2.37. The van der Waals surface area contributed by atoms with Crippen molar-refractivity contribution in [2.45, 2.75) is 30.6 Å². The van der Waals surface area contributed by atoms with E-state index >= 15 is 0 Å². The molecule has 1 N–H and O–H groups in total. The van der Waals surface area contributed by atoms with E-state index in [0.717, 1.165) is 29.5 Å². The Morgan fingerprint density at radius 1 is 1.04 bits per heavy atom. The van der Waals surface area contributed by atoms with Crippen LogP contribution in [0.15, 0.2) is 41.3 Å². The molecule has 2 aliphatic rings. The van der Waals surface area contributed by atoms with Crippen LogP contribution in [0.4, 0.5) is 5.69 Å². The van der Waals surface area contributed by atoms with Crippen LogP contribution in [0.25, 0.3) is 0 Å². The van der Waals surface area contributed by atoms with E-state index in [2.05, 4.69) is 0 Å². The number of anilines is 1. The van der Waals surface area contributed by atoms with Crippen molar-refractivity contribution in [3.05, 3.63) is 58.7 Å². The third kappa shape index (κ3) is 2.21. The molecule has 1 heterocycles. The quantitative estimate of drug-likeness (QED) is 0.930. The minimum absolute atomic E-state index is 0.0432. The van der Waals surface area contributed by atoms with E-state index in [1.165, 1.54) is 10.4 Å². The van der Waals surface area contributed by atoms with Crippen molar-refractivity contribution < 1.29 is 18.3 Å². The standard InChI is InChI=1S/C18H17NO4S/c20-18(21)14-10-13-5-3-6-15(13)17(11-14)24(22,23)19-9-8-12-4-1-2-7-16(12)19/h1-2,4,7,10-11H,3,5-6,8-9H2,(H,20,21). The lowest BCUT2D eigenvalue weighted by Crippen LogP contribution is -2.30. The summed E-state index contributed by atoms with van der Waals surface area (Å²) in [5.74, 6) is -1.09. The summed E-state index contributed by atoms with van der Waals surface area (Å²) < 4.78 is 27.9. The molecule has 0 bridgehead atoms. The molecule has 0 radical (unpaired) electrons. The van der Waals surface area contributed by atoms with Crippen LogP contribution in [-0.2, 0) is 29.3 Å². The molecule has 0 atom stereocenters. The summed E-state index contributed by atoms with van der Waals surface area (Å²) in [5.41, 5.74) is 3.38. The van der Waals surface area contributed by atoms with Gasteiger partial charge in [0, 0.05) is 6.54 Å². The Bertz CT molecular complexity index is 949. The summed E-state index contributed by atoms with van der Waals surface area (Å²) >= 11 is 0. The molecule has 1 aliphatic heterocycles. The van der Waals surface area contributed by atoms with Crippen molar-refractivity contribution in [3.8, 4) is 0 Å². The van der Waals surface area contributed by atoms with E-state index < -0.39 is 16.0 Å². The summed E-state index contributed by atoms with van der Waals surface area (Å²) in [6.07, 6.45) is 2.95. The molecule has 2 aromatic rings. The van der Waals surface area contributed by atoms with Gasteiger partial charge in [-0.25, -0.2) is 13.2 Å². The number of fused-ring (bicyclic) bond motifs is 2. The number of nitrogens with zero attached hydrogens (tertiary/aromatic N) is 1. The molecular formula is C18H17NO4S. The van der Waals surface area contributed by atoms with Gasteiger partial charge in [-0.3, -0.25) is 4.31 Å². The number of aromatic carboxylic acids is 1. The molecule has 0 fully saturated rings. The third-order valence-corrected chi connectivity index (χ3v) is 6.71. The Hall–Kier alpha value is -2.34. The molecule has 124 valence electrons. The number of hydrogen-bond donors (Lipinski definition) is 1. The molecule has 4 rings (SSSR count). The smallest absolute Gasteiger partial charge is 0.335 e. The molecule has 24 heavy (non-hydrogen) atoms. The highest BCUT2D eigenvalue weighted by atomic mass is 32.2. The predicted molar refractivity (Wildman–Crippen MR) is 90.1 cm³/mol. The van der Waals surface area contributed by atoms with Gasteiger partial charge in [0.1, 0.15) is 0 Å². The van der Waals surface area contributed by atoms with Crippen molar-refractivity contribution in [2.24, 2.45) is 0 Å². The van der Waals surface area contributed by atoms with Gasteiger partial charge in [0.15, 0.2) is 0 Å². The normalized spacial score (nSPS) is 16.1. The van der Waals surface area contributed by atoms with Crippen LogP contribution in [0, 0.1) is 0 Å². The van der Waals surface area contributed by atoms with Crippen molar-refractivity contribution in [1.82, 2.24) is 0 Å². The number of carboxylic acids is 1. The van der Waals surface area contributed by atoms with Gasteiger partial charge < -0.3 is 5.11 Å². The van der Waals surface area contributed by atoms with E-state index in [4.69, 9.17) is 0 Å². The zero-order valence-corrected chi connectivity index (χ0v) is 13.8. The Morgan fingerprint density at radius 2 is 1.83 bits per heavy atom. The molecule has 0 unspecified atom stereocenters. The third-order valence-electron chi connectivity index (χ3n) is 4.83. The predicted octanol–water partition coefficient (Wildman–Crippen LogP) is 2.62. The van der Waals surface area contributed by atoms with Crippen molar-refractivity contribution >= 4 is 21.7 Å². The number of aryl methyl sites for hydroxylation is 1. The van der Waals surface area contributed by atoms with Crippen LogP contribution >= 0.6 is 0 Å². The van der Waals surface area contributed by atoms with E-state index in [0.29, 0.717) is 25.1 Å². The maximum absolute atomic E-state index is 13.3. The minimum atomic E-state index is -3.76. The van der Waals surface area contributed by atoms with Gasteiger partial charge in [-0.05, 0) is 60.6 Å². The fourth-order valence-corrected chi connectivity index (χ4v) is 5.52. The second-order valence-electron chi connectivity index (χ2n) is 6.23. The minimum Gasteiger partial charge on any atom is -0.478 e. The number of para-hydroxylation sites is 1. The summed E-state index contributed by atoms with van der Waals surface area (Å²) in [6.45, 7) is 0.397. The van der Waals surface area contributed by atoms with E-state index in [1.54, 1.807) is 12.1 Å². The number of hydrogen-bond acceptors (Lipinski definition) is 3. The summed E-state index contributed by atoms with van der Waals surface area (Å²) in [6, 6.07) is 10.4. The number of carboxylic acid groups (broad SMARTS) is 1. The fourth-order valence-electron chi connectivity index (χ4n) is 3.70. The molecule has 0 saturated carbocycles. The fraction of sp³-hybridized carbons (Fsp3) is 0.278. The summed E-state index contributed by atoms with van der Waals surface area (Å²) in [4.78, 5) is 11.6. The molecule has 0 amide bonds. The second kappa shape index (κ2) is 5.34. The zero-order valence-electron chi connectivity index (χ0n) is 13.0. The Kier molecular flexibility index (Phi) is 3.38. The maximum Gasteiger partial charge on any atom is 0.335 e. The molecule has 1 aliphatic carbocycles. The Morgan fingerprint density at radius 3 is 2.62 bits per heavy atom. The number of carbonyl (C=O) groups is 1. The maximum atomic E-state index is 13.3. The van der Waals surface area contributed by atoms with E-state index in [1.807, 2.05) is 18.2 Å². The SMILES string of the molecule is O=C(O)c1cc2c(c(S(=O)(=O)N3CCc4ccccc43)c1)CCC2. The lowest BCUT2D eigenvalue weighted by atomic mass is 10.1. The van der Waals surface area contributed by atoms with Crippen LogP contribution in [0.2, 0.25) is 0 Å². The Balaban J connectivity index is 1.88. The van der Waals surface area contributed by atoms with Crippen molar-refractivity contribution in [3.63, 3.8) is 0 Å². The first-order chi connectivity index (χ1) is 11.5. The zero-order chi connectivity index (χ0) is 16.9. The number of rotatable bonds is 3. The number of benzene rings is 2. The van der Waals surface area contributed by atoms with Gasteiger partial charge in [-0.2, -0.15) is 0 Å². The topological polar surface area (TPSA) is 74.7 Å². The lowest BCUT2D eigenvalue weighted by molar-refractivity contribution is 0.0696. The van der Waals surface area contributed by atoms with Crippen molar-refractivity contribution in [2.75, 3.05) is 10.8 Å². The second-order valence-corrected chi connectivity index (χ2v) is 8.06. The van der Waals surface area contributed by atoms with Crippen LogP contribution in [0.3, 0.4) is 0 Å². The van der Waals surface area contributed by atoms with Crippen molar-refractivity contribution in [1.29, 1.82) is 0 Å². The molecule has 0 spiro atoms. The van der Waals surface area contributed by atoms with Crippen LogP contribution in [0.1, 0.15) is 33.5 Å². The highest BCUT2D eigenvalue weighted by molar-refractivity contribution is 7.93. The van der Waals surface area contributed by atoms with Gasteiger partial charge in [0.2, 0.25) is 0 Å². The summed E-state index contributed by atoms with van der Waals surface area (Å²) in [5, 5.41) is 9.32. The van der Waals surface area contributed by atoms with Crippen LogP contribution < -0.4 is 4.31 Å². The molecule has 6 heteroatoms. The Labute approximate surface area is 140 Å². The summed E-state index contributed by atoms with van der Waals surface area (Å²) in [7, 11) is -3.76. The first kappa shape index (κ1) is 15.2. The number of sulfonamides is 1. The molecule has 2 aromatic carbocycles. The largest absolute Gasteiger partial charge is 0.478 e. The van der Waals surface area contributed by atoms with Crippen LogP contribution in [-0.4, -0.2) is 26.0 Å². The van der Waals surface area contributed by atoms with E-state index in [-0.39, 0.29) is 10.5 Å². The average Bonchev–Trinajstić information content (AvgIpc) is 3.20. The molecular weight excluding hydrogens is 326 g/mol. The monoisotopic (exact) mass is 343 g/mol.